The van der Waals surface area contributed by atoms with Gasteiger partial charge in [-0.15, -0.1) is 11.3 Å². The molecule has 0 bridgehead atoms. The molecule has 6 heteroatoms. The lowest BCUT2D eigenvalue weighted by molar-refractivity contribution is 0.218. The highest BCUT2D eigenvalue weighted by Crippen LogP contribution is 2.45. The van der Waals surface area contributed by atoms with Crippen molar-refractivity contribution in [2.24, 2.45) is 16.3 Å². The van der Waals surface area contributed by atoms with Gasteiger partial charge in [-0.25, -0.2) is 4.99 Å². The maximum Gasteiger partial charge on any atom is 0.174 e. The fourth-order valence-electron chi connectivity index (χ4n) is 3.75. The number of halogens is 1. The summed E-state index contributed by atoms with van der Waals surface area (Å²) in [7, 11) is 1.64. The normalized spacial score (nSPS) is 16.5. The van der Waals surface area contributed by atoms with Gasteiger partial charge in [-0.05, 0) is 83.4 Å². The fraction of sp³-hybridized carbons (Fsp3) is 0.478. The average molecular weight is 522 g/mol. The van der Waals surface area contributed by atoms with Gasteiger partial charge >= 0.3 is 0 Å². The number of hydrogen-bond acceptors (Lipinski definition) is 5. The Morgan fingerprint density at radius 3 is 2.76 bits per heavy atom. The van der Waals surface area contributed by atoms with Crippen LogP contribution in [0, 0.1) is 26.2 Å². The molecule has 1 heterocycles. The molecule has 4 nitrogen and oxygen atoms in total. The highest BCUT2D eigenvalue weighted by molar-refractivity contribution is 14.1. The number of methoxy groups -OCH3 is 1. The number of nitrogens with zero attached hydrogens (tertiary/aromatic N) is 2. The minimum absolute atomic E-state index is 0.285. The Morgan fingerprint density at radius 2 is 2.14 bits per heavy atom. The number of benzene rings is 1. The number of ether oxygens (including phenoxy) is 2. The molecule has 3 rings (SSSR count). The number of fused-ring (bicyclic) bond motifs is 1. The average Bonchev–Trinajstić information content (AvgIpc) is 3.04. The highest BCUT2D eigenvalue weighted by atomic mass is 127. The van der Waals surface area contributed by atoms with E-state index in [2.05, 4.69) is 49.4 Å². The van der Waals surface area contributed by atoms with Gasteiger partial charge in [0.15, 0.2) is 11.5 Å². The zero-order valence-corrected chi connectivity index (χ0v) is 20.6. The molecule has 0 spiro atoms. The first-order valence-corrected chi connectivity index (χ1v) is 11.8. The van der Waals surface area contributed by atoms with Gasteiger partial charge in [0.05, 0.1) is 22.9 Å². The van der Waals surface area contributed by atoms with E-state index in [1.54, 1.807) is 18.4 Å². The quantitative estimate of drug-likeness (QED) is 0.331. The number of hydrogen-bond donors (Lipinski definition) is 0. The molecule has 0 N–H and O–H groups in total. The van der Waals surface area contributed by atoms with Gasteiger partial charge in [-0.3, -0.25) is 0 Å². The van der Waals surface area contributed by atoms with E-state index in [0.29, 0.717) is 18.3 Å². The predicted molar refractivity (Wildman–Crippen MR) is 128 cm³/mol. The van der Waals surface area contributed by atoms with Crippen LogP contribution >= 0.6 is 33.9 Å². The van der Waals surface area contributed by atoms with Crippen LogP contribution in [-0.4, -0.2) is 19.9 Å². The van der Waals surface area contributed by atoms with Gasteiger partial charge in [-0.1, -0.05) is 20.8 Å². The molecule has 0 fully saturated rings. The first kappa shape index (κ1) is 22.1. The third kappa shape index (κ3) is 4.77. The molecule has 0 saturated heterocycles. The smallest absolute Gasteiger partial charge is 0.174 e. The van der Waals surface area contributed by atoms with Crippen molar-refractivity contribution in [2.45, 2.75) is 47.0 Å². The van der Waals surface area contributed by atoms with Crippen LogP contribution in [0.3, 0.4) is 0 Å². The zero-order chi connectivity index (χ0) is 21.2. The van der Waals surface area contributed by atoms with Crippen LogP contribution in [0.2, 0.25) is 0 Å². The Labute approximate surface area is 191 Å². The van der Waals surface area contributed by atoms with Gasteiger partial charge in [0.25, 0.3) is 0 Å². The number of aliphatic imine (C=N–C) groups is 1. The van der Waals surface area contributed by atoms with E-state index in [0.717, 1.165) is 44.7 Å². The number of nitriles is 1. The van der Waals surface area contributed by atoms with E-state index < -0.39 is 0 Å². The highest BCUT2D eigenvalue weighted by Gasteiger charge is 2.32. The molecule has 1 atom stereocenters. The van der Waals surface area contributed by atoms with E-state index in [-0.39, 0.29) is 5.41 Å². The van der Waals surface area contributed by atoms with Crippen LogP contribution in [0.15, 0.2) is 17.1 Å². The number of thiophene rings is 1. The van der Waals surface area contributed by atoms with Crippen molar-refractivity contribution in [3.05, 3.63) is 37.3 Å². The van der Waals surface area contributed by atoms with Gasteiger partial charge in [0, 0.05) is 11.1 Å². The summed E-state index contributed by atoms with van der Waals surface area (Å²) < 4.78 is 12.1. The zero-order valence-electron chi connectivity index (χ0n) is 17.6. The fourth-order valence-corrected chi connectivity index (χ4v) is 5.75. The minimum atomic E-state index is 0.285. The van der Waals surface area contributed by atoms with E-state index in [9.17, 15) is 5.26 Å². The Hall–Kier alpha value is -1.59. The summed E-state index contributed by atoms with van der Waals surface area (Å²) in [6.45, 7) is 9.46. The van der Waals surface area contributed by atoms with E-state index in [1.807, 2.05) is 25.3 Å². The van der Waals surface area contributed by atoms with Crippen LogP contribution in [0.25, 0.3) is 0 Å². The summed E-state index contributed by atoms with van der Waals surface area (Å²) in [5.74, 6) is 2.10. The summed E-state index contributed by atoms with van der Waals surface area (Å²) in [6, 6.07) is 6.35. The molecule has 0 amide bonds. The van der Waals surface area contributed by atoms with Gasteiger partial charge in [-0.2, -0.15) is 5.26 Å². The number of rotatable bonds is 5. The first-order chi connectivity index (χ1) is 13.8. The summed E-state index contributed by atoms with van der Waals surface area (Å²) >= 11 is 3.92. The molecule has 0 saturated carbocycles. The minimum Gasteiger partial charge on any atom is -0.493 e. The standard InChI is InChI=1S/C23H27IN2O2S/c1-6-28-21-18(24)9-14(10-19(21)27-5)13-26-22-17(12-25)16-8-7-15(23(2,3)4)11-20(16)29-22/h9-10,13,15H,6-8,11H2,1-5H3/t15-/m0/s1. The predicted octanol–water partition coefficient (Wildman–Crippen LogP) is 6.53. The molecule has 29 heavy (non-hydrogen) atoms. The first-order valence-electron chi connectivity index (χ1n) is 9.87. The molecular weight excluding hydrogens is 495 g/mol. The molecule has 1 aromatic carbocycles. The second-order valence-electron chi connectivity index (χ2n) is 8.33. The van der Waals surface area contributed by atoms with Crippen molar-refractivity contribution >= 4 is 45.1 Å². The molecule has 0 radical (unpaired) electrons. The van der Waals surface area contributed by atoms with Crippen molar-refractivity contribution in [3.8, 4) is 17.6 Å². The van der Waals surface area contributed by atoms with Crippen molar-refractivity contribution < 1.29 is 9.47 Å². The lowest BCUT2D eigenvalue weighted by atomic mass is 9.72. The van der Waals surface area contributed by atoms with Crippen LogP contribution < -0.4 is 9.47 Å². The second kappa shape index (κ2) is 9.05. The third-order valence-corrected chi connectivity index (χ3v) is 7.42. The van der Waals surface area contributed by atoms with Crippen LogP contribution in [-0.2, 0) is 12.8 Å². The monoisotopic (exact) mass is 522 g/mol. The van der Waals surface area contributed by atoms with Gasteiger partial charge in [0.2, 0.25) is 0 Å². The topological polar surface area (TPSA) is 54.6 Å². The lowest BCUT2D eigenvalue weighted by Crippen LogP contribution is -2.26. The molecule has 1 aromatic heterocycles. The van der Waals surface area contributed by atoms with E-state index >= 15 is 0 Å². The molecule has 0 unspecified atom stereocenters. The molecule has 2 aromatic rings. The van der Waals surface area contributed by atoms with E-state index in [1.165, 1.54) is 10.4 Å². The summed E-state index contributed by atoms with van der Waals surface area (Å²) in [5, 5.41) is 10.6. The van der Waals surface area contributed by atoms with Crippen LogP contribution in [0.1, 0.15) is 55.7 Å². The second-order valence-corrected chi connectivity index (χ2v) is 10.6. The van der Waals surface area contributed by atoms with Crippen molar-refractivity contribution in [1.82, 2.24) is 0 Å². The maximum absolute atomic E-state index is 9.75. The Bertz CT molecular complexity index is 967. The molecule has 1 aliphatic carbocycles. The molecule has 154 valence electrons. The summed E-state index contributed by atoms with van der Waals surface area (Å²) in [4.78, 5) is 6.04. The van der Waals surface area contributed by atoms with Crippen molar-refractivity contribution in [2.75, 3.05) is 13.7 Å². The summed E-state index contributed by atoms with van der Waals surface area (Å²) in [6.07, 6.45) is 4.97. The molecule has 1 aliphatic rings. The molecular formula is C23H27IN2O2S. The maximum atomic E-state index is 9.75. The van der Waals surface area contributed by atoms with Crippen molar-refractivity contribution in [3.63, 3.8) is 0 Å². The Balaban J connectivity index is 1.92. The SMILES string of the molecule is CCOc1c(I)cc(C=Nc2sc3c(c2C#N)CC[C@H](C(C)(C)C)C3)cc1OC. The largest absolute Gasteiger partial charge is 0.493 e. The van der Waals surface area contributed by atoms with Gasteiger partial charge < -0.3 is 9.47 Å². The Morgan fingerprint density at radius 1 is 1.38 bits per heavy atom. The Kier molecular flexibility index (Phi) is 6.90. The van der Waals surface area contributed by atoms with E-state index in [4.69, 9.17) is 14.5 Å². The van der Waals surface area contributed by atoms with Crippen LogP contribution in [0.4, 0.5) is 5.00 Å². The summed E-state index contributed by atoms with van der Waals surface area (Å²) in [5.41, 5.74) is 3.18. The van der Waals surface area contributed by atoms with Crippen LogP contribution in [0.5, 0.6) is 11.5 Å². The van der Waals surface area contributed by atoms with Crippen molar-refractivity contribution in [1.29, 1.82) is 5.26 Å². The molecule has 0 aliphatic heterocycles. The van der Waals surface area contributed by atoms with Gasteiger partial charge in [0.1, 0.15) is 11.1 Å². The third-order valence-electron chi connectivity index (χ3n) is 5.45. The lowest BCUT2D eigenvalue weighted by Gasteiger charge is -2.33.